The maximum atomic E-state index is 2.73. The van der Waals surface area contributed by atoms with E-state index in [-0.39, 0.29) is 0 Å². The van der Waals surface area contributed by atoms with Crippen LogP contribution in [0.2, 0.25) is 0 Å². The zero-order valence-electron chi connectivity index (χ0n) is 15.8. The zero-order valence-corrected chi connectivity index (χ0v) is 15.8. The Balaban J connectivity index is 1.52. The van der Waals surface area contributed by atoms with Crippen LogP contribution in [0.4, 0.5) is 5.69 Å². The van der Waals surface area contributed by atoms with E-state index in [1.54, 1.807) is 5.56 Å². The van der Waals surface area contributed by atoms with Crippen molar-refractivity contribution in [1.82, 2.24) is 4.90 Å². The van der Waals surface area contributed by atoms with E-state index < -0.39 is 0 Å². The summed E-state index contributed by atoms with van der Waals surface area (Å²) in [6, 6.07) is 12.6. The molecule has 0 amide bonds. The Morgan fingerprint density at radius 3 is 2.31 bits per heavy atom. The Morgan fingerprint density at radius 2 is 1.50 bits per heavy atom. The number of likely N-dealkylation sites (tertiary alicyclic amines) is 1. The quantitative estimate of drug-likeness (QED) is 0.680. The largest absolute Gasteiger partial charge is 0.372 e. The molecule has 2 fully saturated rings. The van der Waals surface area contributed by atoms with Crippen LogP contribution in [0.3, 0.4) is 0 Å². The minimum Gasteiger partial charge on any atom is -0.372 e. The van der Waals surface area contributed by atoms with Crippen LogP contribution in [-0.2, 0) is 0 Å². The number of nitrogens with zero attached hydrogens (tertiary/aromatic N) is 2. The molecule has 2 heteroatoms. The monoisotopic (exact) mass is 346 g/mol. The lowest BCUT2D eigenvalue weighted by Crippen LogP contribution is -2.34. The molecule has 0 N–H and O–H groups in total. The Hall–Kier alpha value is -1.80. The molecule has 0 saturated carbocycles. The molecule has 1 atom stereocenters. The molecule has 0 radical (unpaired) electrons. The summed E-state index contributed by atoms with van der Waals surface area (Å²) in [5.41, 5.74) is 4.40. The molecule has 136 valence electrons. The van der Waals surface area contributed by atoms with E-state index >= 15 is 0 Å². The molecule has 2 nitrogen and oxygen atoms in total. The highest BCUT2D eigenvalue weighted by Gasteiger charge is 2.25. The van der Waals surface area contributed by atoms with E-state index in [9.17, 15) is 0 Å². The fourth-order valence-electron chi connectivity index (χ4n) is 5.13. The van der Waals surface area contributed by atoms with E-state index in [0.717, 1.165) is 0 Å². The highest BCUT2D eigenvalue weighted by Crippen LogP contribution is 2.37. The van der Waals surface area contributed by atoms with Crippen molar-refractivity contribution in [1.29, 1.82) is 0 Å². The summed E-state index contributed by atoms with van der Waals surface area (Å²) in [7, 11) is 0. The molecule has 2 heterocycles. The smallest absolute Gasteiger partial charge is 0.0388 e. The van der Waals surface area contributed by atoms with Crippen LogP contribution in [0.1, 0.15) is 62.1 Å². The Morgan fingerprint density at radius 1 is 0.731 bits per heavy atom. The predicted octanol–water partition coefficient (Wildman–Crippen LogP) is 5.77. The van der Waals surface area contributed by atoms with Gasteiger partial charge in [-0.25, -0.2) is 0 Å². The average molecular weight is 347 g/mol. The second kappa shape index (κ2) is 7.08. The van der Waals surface area contributed by atoms with E-state index in [1.807, 2.05) is 0 Å². The van der Waals surface area contributed by atoms with Crippen molar-refractivity contribution in [2.45, 2.75) is 51.0 Å². The number of hydrogen-bond acceptors (Lipinski definition) is 2. The molecular weight excluding hydrogens is 316 g/mol. The fourth-order valence-corrected chi connectivity index (χ4v) is 5.13. The summed E-state index contributed by atoms with van der Waals surface area (Å²) in [4.78, 5) is 5.30. The Labute approximate surface area is 157 Å². The van der Waals surface area contributed by atoms with Gasteiger partial charge < -0.3 is 4.90 Å². The van der Waals surface area contributed by atoms with Crippen molar-refractivity contribution in [2.24, 2.45) is 0 Å². The van der Waals surface area contributed by atoms with Gasteiger partial charge in [-0.15, -0.1) is 0 Å². The first-order valence-corrected chi connectivity index (χ1v) is 10.6. The van der Waals surface area contributed by atoms with Gasteiger partial charge in [0.15, 0.2) is 0 Å². The lowest BCUT2D eigenvalue weighted by molar-refractivity contribution is 0.163. The number of rotatable bonds is 2. The maximum absolute atomic E-state index is 2.73. The topological polar surface area (TPSA) is 6.48 Å². The summed E-state index contributed by atoms with van der Waals surface area (Å²) >= 11 is 0. The second-order valence-corrected chi connectivity index (χ2v) is 8.31. The lowest BCUT2D eigenvalue weighted by Gasteiger charge is -2.36. The van der Waals surface area contributed by atoms with Crippen LogP contribution in [0.15, 0.2) is 36.4 Å². The molecule has 1 unspecified atom stereocenters. The van der Waals surface area contributed by atoms with Gasteiger partial charge >= 0.3 is 0 Å². The average Bonchev–Trinajstić information content (AvgIpc) is 2.73. The minimum absolute atomic E-state index is 0.582. The molecule has 0 bridgehead atoms. The molecule has 0 aromatic heterocycles. The summed E-state index contributed by atoms with van der Waals surface area (Å²) in [5, 5.41) is 2.80. The molecule has 0 spiro atoms. The second-order valence-electron chi connectivity index (χ2n) is 8.31. The van der Waals surface area contributed by atoms with Crippen molar-refractivity contribution in [2.75, 3.05) is 31.1 Å². The van der Waals surface area contributed by atoms with Gasteiger partial charge in [0.25, 0.3) is 0 Å². The number of hydrogen-bond donors (Lipinski definition) is 0. The summed E-state index contributed by atoms with van der Waals surface area (Å²) in [6.07, 6.45) is 14.1. The predicted molar refractivity (Wildman–Crippen MR) is 112 cm³/mol. The molecule has 26 heavy (non-hydrogen) atoms. The van der Waals surface area contributed by atoms with Crippen LogP contribution in [0, 0.1) is 0 Å². The minimum atomic E-state index is 0.582. The van der Waals surface area contributed by atoms with Crippen LogP contribution >= 0.6 is 0 Å². The highest BCUT2D eigenvalue weighted by atomic mass is 15.2. The standard InChI is InChI=1S/C24H30N2/c1-3-12-25(13-4-1)22-11-10-19-16-20-8-7-9-24(23(20)18-21(19)17-22)26-14-5-2-6-15-26/h7-8,10-11,16-18,24H,1-6,9,12-15H2. The Kier molecular flexibility index (Phi) is 4.46. The van der Waals surface area contributed by atoms with Crippen LogP contribution in [0.5, 0.6) is 0 Å². The van der Waals surface area contributed by atoms with E-state index in [1.165, 1.54) is 93.1 Å². The first-order valence-electron chi connectivity index (χ1n) is 10.6. The third kappa shape index (κ3) is 3.05. The van der Waals surface area contributed by atoms with Crippen molar-refractivity contribution in [3.05, 3.63) is 47.5 Å². The van der Waals surface area contributed by atoms with Gasteiger partial charge in [0.05, 0.1) is 0 Å². The summed E-state index contributed by atoms with van der Waals surface area (Å²) in [6.45, 7) is 4.97. The lowest BCUT2D eigenvalue weighted by atomic mass is 9.88. The molecule has 3 aliphatic rings. The van der Waals surface area contributed by atoms with Crippen LogP contribution in [-0.4, -0.2) is 31.1 Å². The molecule has 2 aromatic carbocycles. The number of fused-ring (bicyclic) bond motifs is 2. The first kappa shape index (κ1) is 16.4. The van der Waals surface area contributed by atoms with E-state index in [0.29, 0.717) is 6.04 Å². The zero-order chi connectivity index (χ0) is 17.3. The maximum Gasteiger partial charge on any atom is 0.0388 e. The van der Waals surface area contributed by atoms with Gasteiger partial charge in [-0.2, -0.15) is 0 Å². The van der Waals surface area contributed by atoms with Gasteiger partial charge in [-0.3, -0.25) is 4.90 Å². The van der Waals surface area contributed by atoms with Gasteiger partial charge in [0, 0.05) is 24.8 Å². The third-order valence-electron chi connectivity index (χ3n) is 6.59. The van der Waals surface area contributed by atoms with Gasteiger partial charge in [0.1, 0.15) is 0 Å². The number of benzene rings is 2. The molecular formula is C24H30N2. The van der Waals surface area contributed by atoms with Gasteiger partial charge in [0.2, 0.25) is 0 Å². The highest BCUT2D eigenvalue weighted by molar-refractivity contribution is 5.89. The van der Waals surface area contributed by atoms with Crippen LogP contribution < -0.4 is 4.90 Å². The SMILES string of the molecule is C1=Cc2cc3ccc(N4CCCCC4)cc3cc2C(N2CCCCC2)C1. The third-order valence-corrected chi connectivity index (χ3v) is 6.59. The van der Waals surface area contributed by atoms with E-state index in [2.05, 4.69) is 52.3 Å². The van der Waals surface area contributed by atoms with Gasteiger partial charge in [-0.1, -0.05) is 24.6 Å². The van der Waals surface area contributed by atoms with Crippen molar-refractivity contribution in [3.8, 4) is 0 Å². The molecule has 1 aliphatic carbocycles. The molecule has 2 saturated heterocycles. The fraction of sp³-hybridized carbons (Fsp3) is 0.500. The Bertz CT molecular complexity index is 810. The normalized spacial score (nSPS) is 24.0. The summed E-state index contributed by atoms with van der Waals surface area (Å²) < 4.78 is 0. The van der Waals surface area contributed by atoms with Crippen molar-refractivity contribution >= 4 is 22.5 Å². The van der Waals surface area contributed by atoms with Crippen molar-refractivity contribution in [3.63, 3.8) is 0 Å². The van der Waals surface area contributed by atoms with E-state index in [4.69, 9.17) is 0 Å². The van der Waals surface area contributed by atoms with Gasteiger partial charge in [-0.05, 0) is 97.8 Å². The van der Waals surface area contributed by atoms with Crippen LogP contribution in [0.25, 0.3) is 16.8 Å². The summed E-state index contributed by atoms with van der Waals surface area (Å²) in [5.74, 6) is 0. The molecule has 2 aromatic rings. The first-order chi connectivity index (χ1) is 12.9. The van der Waals surface area contributed by atoms with Crippen molar-refractivity contribution < 1.29 is 0 Å². The number of piperidine rings is 2. The molecule has 5 rings (SSSR count). The number of anilines is 1. The molecule has 2 aliphatic heterocycles.